The molecule has 1 aromatic carbocycles. The molecular formula is C17H18F4N2O2. The van der Waals surface area contributed by atoms with Gasteiger partial charge in [-0.05, 0) is 43.0 Å². The minimum Gasteiger partial charge on any atom is -0.362 e. The van der Waals surface area contributed by atoms with Gasteiger partial charge in [-0.25, -0.2) is 4.39 Å². The monoisotopic (exact) mass is 358 g/mol. The molecule has 3 rings (SSSR count). The number of rotatable bonds is 2. The van der Waals surface area contributed by atoms with Crippen molar-refractivity contribution in [3.63, 3.8) is 0 Å². The third kappa shape index (κ3) is 3.27. The molecule has 2 aliphatic rings. The molecule has 1 heterocycles. The average molecular weight is 358 g/mol. The number of nitrogens with zero attached hydrogens (tertiary/aromatic N) is 2. The summed E-state index contributed by atoms with van der Waals surface area (Å²) in [5, 5.41) is 14.2. The summed E-state index contributed by atoms with van der Waals surface area (Å²) in [5.74, 6) is -1.88. The van der Waals surface area contributed by atoms with Gasteiger partial charge in [0.1, 0.15) is 5.82 Å². The first-order valence-electron chi connectivity index (χ1n) is 8.19. The molecule has 4 nitrogen and oxygen atoms in total. The van der Waals surface area contributed by atoms with Crippen LogP contribution in [0.15, 0.2) is 29.4 Å². The fraction of sp³-hybridized carbons (Fsp3) is 0.529. The molecule has 25 heavy (non-hydrogen) atoms. The van der Waals surface area contributed by atoms with Gasteiger partial charge >= 0.3 is 6.18 Å². The van der Waals surface area contributed by atoms with Crippen molar-refractivity contribution in [2.75, 3.05) is 0 Å². The lowest BCUT2D eigenvalue weighted by Crippen LogP contribution is -2.56. The molecule has 1 amide bonds. The lowest BCUT2D eigenvalue weighted by molar-refractivity contribution is -0.297. The van der Waals surface area contributed by atoms with Crippen LogP contribution in [0.4, 0.5) is 17.6 Å². The Bertz CT molecular complexity index is 681. The van der Waals surface area contributed by atoms with Gasteiger partial charge in [0.2, 0.25) is 0 Å². The van der Waals surface area contributed by atoms with E-state index in [2.05, 4.69) is 5.10 Å². The predicted octanol–water partition coefficient (Wildman–Crippen LogP) is 3.86. The summed E-state index contributed by atoms with van der Waals surface area (Å²) >= 11 is 0. The van der Waals surface area contributed by atoms with E-state index in [9.17, 15) is 27.5 Å². The molecule has 0 unspecified atom stereocenters. The Balaban J connectivity index is 1.94. The van der Waals surface area contributed by atoms with Crippen LogP contribution in [0.5, 0.6) is 0 Å². The third-order valence-corrected chi connectivity index (χ3v) is 4.82. The summed E-state index contributed by atoms with van der Waals surface area (Å²) in [5.41, 5.74) is -3.33. The normalized spacial score (nSPS) is 25.2. The first-order valence-corrected chi connectivity index (χ1v) is 8.19. The van der Waals surface area contributed by atoms with Crippen LogP contribution in [-0.2, 0) is 0 Å². The fourth-order valence-electron chi connectivity index (χ4n) is 3.38. The van der Waals surface area contributed by atoms with Crippen LogP contribution < -0.4 is 0 Å². The molecule has 0 spiro atoms. The third-order valence-electron chi connectivity index (χ3n) is 4.82. The highest BCUT2D eigenvalue weighted by molar-refractivity contribution is 5.98. The van der Waals surface area contributed by atoms with Crippen LogP contribution in [0.1, 0.15) is 48.9 Å². The average Bonchev–Trinajstić information content (AvgIpc) is 2.95. The van der Waals surface area contributed by atoms with Crippen LogP contribution in [0.25, 0.3) is 0 Å². The molecule has 8 heteroatoms. The first kappa shape index (κ1) is 17.8. The van der Waals surface area contributed by atoms with Crippen molar-refractivity contribution in [1.82, 2.24) is 5.01 Å². The summed E-state index contributed by atoms with van der Waals surface area (Å²) in [6.45, 7) is 0. The zero-order chi connectivity index (χ0) is 18.2. The predicted molar refractivity (Wildman–Crippen MR) is 82.2 cm³/mol. The molecule has 136 valence electrons. The number of halogens is 4. The summed E-state index contributed by atoms with van der Waals surface area (Å²) in [7, 11) is 0. The summed E-state index contributed by atoms with van der Waals surface area (Å²) < 4.78 is 53.5. The van der Waals surface area contributed by atoms with E-state index < -0.39 is 30.0 Å². The van der Waals surface area contributed by atoms with E-state index in [1.54, 1.807) is 0 Å². The summed E-state index contributed by atoms with van der Waals surface area (Å²) in [6, 6.07) is 4.09. The van der Waals surface area contributed by atoms with Gasteiger partial charge in [0, 0.05) is 17.7 Å². The maximum absolute atomic E-state index is 13.5. The molecule has 0 saturated heterocycles. The highest BCUT2D eigenvalue weighted by atomic mass is 19.4. The van der Waals surface area contributed by atoms with Crippen molar-refractivity contribution in [3.8, 4) is 0 Å². The van der Waals surface area contributed by atoms with Gasteiger partial charge in [0.15, 0.2) is 0 Å². The molecule has 1 atom stereocenters. The Morgan fingerprint density at radius 2 is 1.76 bits per heavy atom. The molecule has 1 aliphatic heterocycles. The number of benzene rings is 1. The number of alkyl halides is 3. The molecule has 0 bridgehead atoms. The Kier molecular flexibility index (Phi) is 4.57. The number of carbonyl (C=O) groups is 1. The highest BCUT2D eigenvalue weighted by Gasteiger charge is 2.63. The Labute approximate surface area is 142 Å². The van der Waals surface area contributed by atoms with Gasteiger partial charge in [-0.3, -0.25) is 4.79 Å². The standard InChI is InChI=1S/C17H18F4N2O2/c18-13-8-6-12(7-9-13)15(24)23-16(25,17(19,20)21)10-14(22-23)11-4-2-1-3-5-11/h6-9,11,25H,1-5,10H2/t16-/m1/s1. The van der Waals surface area contributed by atoms with Crippen LogP contribution in [0.2, 0.25) is 0 Å². The van der Waals surface area contributed by atoms with Gasteiger partial charge < -0.3 is 5.11 Å². The lowest BCUT2D eigenvalue weighted by Gasteiger charge is -2.32. The van der Waals surface area contributed by atoms with Gasteiger partial charge in [-0.15, -0.1) is 0 Å². The maximum atomic E-state index is 13.5. The topological polar surface area (TPSA) is 52.9 Å². The Hall–Kier alpha value is -1.96. The Morgan fingerprint density at radius 1 is 1.16 bits per heavy atom. The Morgan fingerprint density at radius 3 is 2.32 bits per heavy atom. The molecule has 1 N–H and O–H groups in total. The molecule has 1 fully saturated rings. The van der Waals surface area contributed by atoms with Crippen molar-refractivity contribution in [2.24, 2.45) is 11.0 Å². The molecule has 1 aliphatic carbocycles. The number of hydrogen-bond acceptors (Lipinski definition) is 3. The molecule has 0 aromatic heterocycles. The lowest BCUT2D eigenvalue weighted by atomic mass is 9.83. The van der Waals surface area contributed by atoms with Gasteiger partial charge in [0.05, 0.1) is 0 Å². The van der Waals surface area contributed by atoms with E-state index in [-0.39, 0.29) is 22.2 Å². The van der Waals surface area contributed by atoms with Crippen molar-refractivity contribution in [2.45, 2.75) is 50.4 Å². The summed E-state index contributed by atoms with van der Waals surface area (Å²) in [6.07, 6.45) is -1.60. The second-order valence-corrected chi connectivity index (χ2v) is 6.54. The van der Waals surface area contributed by atoms with Crippen molar-refractivity contribution in [3.05, 3.63) is 35.6 Å². The largest absolute Gasteiger partial charge is 0.438 e. The number of amides is 1. The maximum Gasteiger partial charge on any atom is 0.438 e. The van der Waals surface area contributed by atoms with E-state index in [4.69, 9.17) is 0 Å². The van der Waals surface area contributed by atoms with E-state index >= 15 is 0 Å². The first-order chi connectivity index (χ1) is 11.7. The van der Waals surface area contributed by atoms with Crippen molar-refractivity contribution >= 4 is 11.6 Å². The van der Waals surface area contributed by atoms with Crippen molar-refractivity contribution < 1.29 is 27.5 Å². The quantitative estimate of drug-likeness (QED) is 0.817. The smallest absolute Gasteiger partial charge is 0.362 e. The SMILES string of the molecule is O=C(c1ccc(F)cc1)N1N=C(C2CCCCC2)C[C@@]1(O)C(F)(F)F. The van der Waals surface area contributed by atoms with Crippen LogP contribution in [-0.4, -0.2) is 33.6 Å². The van der Waals surface area contributed by atoms with E-state index in [1.165, 1.54) is 0 Å². The van der Waals surface area contributed by atoms with Crippen LogP contribution in [0, 0.1) is 11.7 Å². The van der Waals surface area contributed by atoms with Gasteiger partial charge in [-0.2, -0.15) is 23.3 Å². The van der Waals surface area contributed by atoms with Crippen LogP contribution >= 0.6 is 0 Å². The number of hydrazone groups is 1. The van der Waals surface area contributed by atoms with Crippen molar-refractivity contribution in [1.29, 1.82) is 0 Å². The molecular weight excluding hydrogens is 340 g/mol. The summed E-state index contributed by atoms with van der Waals surface area (Å²) in [4.78, 5) is 12.5. The zero-order valence-corrected chi connectivity index (χ0v) is 13.4. The van der Waals surface area contributed by atoms with E-state index in [0.717, 1.165) is 43.5 Å². The molecule has 1 aromatic rings. The second kappa shape index (κ2) is 6.40. The second-order valence-electron chi connectivity index (χ2n) is 6.54. The number of hydrogen-bond donors (Lipinski definition) is 1. The highest BCUT2D eigenvalue weighted by Crippen LogP contribution is 2.43. The zero-order valence-electron chi connectivity index (χ0n) is 13.4. The number of aliphatic hydroxyl groups is 1. The minimum absolute atomic E-state index is 0.115. The molecule has 1 saturated carbocycles. The van der Waals surface area contributed by atoms with Gasteiger partial charge in [0.25, 0.3) is 11.6 Å². The van der Waals surface area contributed by atoms with E-state index in [1.807, 2.05) is 0 Å². The fourth-order valence-corrected chi connectivity index (χ4v) is 3.38. The van der Waals surface area contributed by atoms with Crippen LogP contribution in [0.3, 0.4) is 0 Å². The van der Waals surface area contributed by atoms with E-state index in [0.29, 0.717) is 12.8 Å². The van der Waals surface area contributed by atoms with Gasteiger partial charge in [-0.1, -0.05) is 19.3 Å². The number of carbonyl (C=O) groups excluding carboxylic acids is 1. The minimum atomic E-state index is -5.05. The molecule has 0 radical (unpaired) electrons.